The predicted octanol–water partition coefficient (Wildman–Crippen LogP) is 3.92. The van der Waals surface area contributed by atoms with E-state index in [4.69, 9.17) is 21.1 Å². The second-order valence-electron chi connectivity index (χ2n) is 4.56. The summed E-state index contributed by atoms with van der Waals surface area (Å²) in [7, 11) is 1.48. The lowest BCUT2D eigenvalue weighted by atomic mass is 10.3. The lowest BCUT2D eigenvalue weighted by Gasteiger charge is -2.11. The highest BCUT2D eigenvalue weighted by atomic mass is 35.5. The summed E-state index contributed by atoms with van der Waals surface area (Å²) in [4.78, 5) is 22.8. The molecule has 2 amide bonds. The molecule has 0 aliphatic rings. The van der Waals surface area contributed by atoms with E-state index in [1.165, 1.54) is 14.0 Å². The van der Waals surface area contributed by atoms with E-state index in [2.05, 4.69) is 10.6 Å². The van der Waals surface area contributed by atoms with Crippen LogP contribution in [0.3, 0.4) is 0 Å². The van der Waals surface area contributed by atoms with Crippen molar-refractivity contribution in [3.05, 3.63) is 47.5 Å². The summed E-state index contributed by atoms with van der Waals surface area (Å²) in [6.45, 7) is 1.41. The molecule has 0 saturated carbocycles. The van der Waals surface area contributed by atoms with Crippen LogP contribution < -0.4 is 20.1 Å². The van der Waals surface area contributed by atoms with E-state index in [1.54, 1.807) is 42.5 Å². The predicted molar refractivity (Wildman–Crippen MR) is 88.4 cm³/mol. The minimum atomic E-state index is -0.669. The van der Waals surface area contributed by atoms with Gasteiger partial charge in [-0.2, -0.15) is 0 Å². The monoisotopic (exact) mass is 334 g/mol. The summed E-state index contributed by atoms with van der Waals surface area (Å²) >= 11 is 5.86. The van der Waals surface area contributed by atoms with Crippen LogP contribution in [0.2, 0.25) is 5.02 Å². The summed E-state index contributed by atoms with van der Waals surface area (Å²) in [5, 5.41) is 5.69. The van der Waals surface area contributed by atoms with Gasteiger partial charge in [-0.1, -0.05) is 11.6 Å². The minimum absolute atomic E-state index is 0.175. The molecule has 120 valence electrons. The van der Waals surface area contributed by atoms with Crippen LogP contribution in [0.1, 0.15) is 6.92 Å². The van der Waals surface area contributed by atoms with Gasteiger partial charge < -0.3 is 14.8 Å². The van der Waals surface area contributed by atoms with Gasteiger partial charge in [-0.3, -0.25) is 10.1 Å². The number of hydrogen-bond acceptors (Lipinski definition) is 4. The maximum atomic E-state index is 11.9. The van der Waals surface area contributed by atoms with Crippen molar-refractivity contribution in [2.45, 2.75) is 6.92 Å². The Labute approximate surface area is 138 Å². The van der Waals surface area contributed by atoms with Crippen LogP contribution >= 0.6 is 11.6 Å². The molecule has 0 radical (unpaired) electrons. The number of rotatable bonds is 4. The summed E-state index contributed by atoms with van der Waals surface area (Å²) < 4.78 is 10.3. The third kappa shape index (κ3) is 4.89. The van der Waals surface area contributed by atoms with E-state index in [0.717, 1.165) is 0 Å². The Morgan fingerprint density at radius 3 is 2.35 bits per heavy atom. The molecule has 0 bridgehead atoms. The van der Waals surface area contributed by atoms with Crippen LogP contribution in [-0.4, -0.2) is 19.1 Å². The van der Waals surface area contributed by atoms with Crippen LogP contribution in [0.15, 0.2) is 42.5 Å². The number of hydrogen-bond donors (Lipinski definition) is 2. The van der Waals surface area contributed by atoms with Crippen molar-refractivity contribution in [2.75, 3.05) is 17.7 Å². The third-order valence-corrected chi connectivity index (χ3v) is 3.02. The highest BCUT2D eigenvalue weighted by Gasteiger charge is 2.10. The first kappa shape index (κ1) is 16.6. The Morgan fingerprint density at radius 1 is 1.04 bits per heavy atom. The first-order valence-corrected chi connectivity index (χ1v) is 7.06. The number of ether oxygens (including phenoxy) is 2. The Balaban J connectivity index is 2.01. The van der Waals surface area contributed by atoms with Crippen molar-refractivity contribution in [3.63, 3.8) is 0 Å². The molecule has 6 nitrogen and oxygen atoms in total. The fraction of sp³-hybridized carbons (Fsp3) is 0.125. The van der Waals surface area contributed by atoms with Gasteiger partial charge in [0, 0.05) is 23.7 Å². The Bertz CT molecular complexity index is 717. The van der Waals surface area contributed by atoms with Gasteiger partial charge in [0.15, 0.2) is 0 Å². The Morgan fingerprint density at radius 2 is 1.74 bits per heavy atom. The van der Waals surface area contributed by atoms with Crippen LogP contribution in [0.25, 0.3) is 0 Å². The molecule has 0 aromatic heterocycles. The van der Waals surface area contributed by atoms with Crippen LogP contribution in [0, 0.1) is 0 Å². The molecule has 0 atom stereocenters. The standard InChI is InChI=1S/C16H15ClN2O4/c1-10(20)18-12-4-6-13(7-5-12)23-16(21)19-14-8-3-11(17)9-15(14)22-2/h3-9H,1-2H3,(H,18,20)(H,19,21). The fourth-order valence-corrected chi connectivity index (χ4v) is 1.98. The van der Waals surface area contributed by atoms with Crippen molar-refractivity contribution < 1.29 is 19.1 Å². The highest BCUT2D eigenvalue weighted by molar-refractivity contribution is 6.30. The quantitative estimate of drug-likeness (QED) is 0.888. The van der Waals surface area contributed by atoms with Crippen molar-refractivity contribution >= 4 is 35.0 Å². The Kier molecular flexibility index (Phi) is 5.43. The molecule has 2 aromatic carbocycles. The van der Waals surface area contributed by atoms with E-state index in [1.807, 2.05) is 0 Å². The highest BCUT2D eigenvalue weighted by Crippen LogP contribution is 2.28. The van der Waals surface area contributed by atoms with Crippen LogP contribution in [-0.2, 0) is 4.79 Å². The van der Waals surface area contributed by atoms with E-state index >= 15 is 0 Å². The van der Waals surface area contributed by atoms with Gasteiger partial charge in [-0.25, -0.2) is 4.79 Å². The number of halogens is 1. The normalized spacial score (nSPS) is 9.87. The number of carbonyl (C=O) groups is 2. The molecular weight excluding hydrogens is 320 g/mol. The van der Waals surface area contributed by atoms with E-state index in [0.29, 0.717) is 27.9 Å². The van der Waals surface area contributed by atoms with Gasteiger partial charge in [-0.15, -0.1) is 0 Å². The summed E-state index contributed by atoms with van der Waals surface area (Å²) in [5.74, 6) is 0.589. The topological polar surface area (TPSA) is 76.7 Å². The third-order valence-electron chi connectivity index (χ3n) is 2.79. The number of nitrogens with one attached hydrogen (secondary N) is 2. The summed E-state index contributed by atoms with van der Waals surface area (Å²) in [5.41, 5.74) is 1.06. The zero-order valence-corrected chi connectivity index (χ0v) is 13.3. The average Bonchev–Trinajstić information content (AvgIpc) is 2.50. The number of methoxy groups -OCH3 is 1. The smallest absolute Gasteiger partial charge is 0.417 e. The lowest BCUT2D eigenvalue weighted by Crippen LogP contribution is -2.17. The van der Waals surface area contributed by atoms with Crippen molar-refractivity contribution in [1.29, 1.82) is 0 Å². The van der Waals surface area contributed by atoms with Gasteiger partial charge in [0.05, 0.1) is 12.8 Å². The SMILES string of the molecule is COc1cc(Cl)ccc1NC(=O)Oc1ccc(NC(C)=O)cc1. The maximum Gasteiger partial charge on any atom is 0.417 e. The molecule has 0 unspecified atom stereocenters. The number of carbonyl (C=O) groups excluding carboxylic acids is 2. The van der Waals surface area contributed by atoms with Crippen molar-refractivity contribution in [1.82, 2.24) is 0 Å². The lowest BCUT2D eigenvalue weighted by molar-refractivity contribution is -0.114. The van der Waals surface area contributed by atoms with Gasteiger partial charge in [0.2, 0.25) is 5.91 Å². The zero-order valence-electron chi connectivity index (χ0n) is 12.6. The largest absolute Gasteiger partial charge is 0.495 e. The fourth-order valence-electron chi connectivity index (χ4n) is 1.82. The Hall–Kier alpha value is -2.73. The second-order valence-corrected chi connectivity index (χ2v) is 5.00. The average molecular weight is 335 g/mol. The van der Waals surface area contributed by atoms with Crippen LogP contribution in [0.4, 0.5) is 16.2 Å². The summed E-state index contributed by atoms with van der Waals surface area (Å²) in [6, 6.07) is 11.2. The van der Waals surface area contributed by atoms with E-state index in [-0.39, 0.29) is 5.91 Å². The molecule has 2 N–H and O–H groups in total. The summed E-state index contributed by atoms with van der Waals surface area (Å²) in [6.07, 6.45) is -0.669. The van der Waals surface area contributed by atoms with Crippen LogP contribution in [0.5, 0.6) is 11.5 Å². The van der Waals surface area contributed by atoms with Gasteiger partial charge in [0.1, 0.15) is 11.5 Å². The number of amides is 2. The van der Waals surface area contributed by atoms with Gasteiger partial charge >= 0.3 is 6.09 Å². The molecular formula is C16H15ClN2O4. The molecule has 0 saturated heterocycles. The van der Waals surface area contributed by atoms with Crippen molar-refractivity contribution in [3.8, 4) is 11.5 Å². The first-order valence-electron chi connectivity index (χ1n) is 6.68. The van der Waals surface area contributed by atoms with E-state index in [9.17, 15) is 9.59 Å². The number of benzene rings is 2. The molecule has 7 heteroatoms. The minimum Gasteiger partial charge on any atom is -0.495 e. The first-order chi connectivity index (χ1) is 11.0. The molecule has 0 heterocycles. The van der Waals surface area contributed by atoms with Gasteiger partial charge in [0.25, 0.3) is 0 Å². The number of anilines is 2. The molecule has 23 heavy (non-hydrogen) atoms. The zero-order chi connectivity index (χ0) is 16.8. The molecule has 0 spiro atoms. The molecule has 0 fully saturated rings. The molecule has 2 aromatic rings. The van der Waals surface area contributed by atoms with Gasteiger partial charge in [-0.05, 0) is 36.4 Å². The van der Waals surface area contributed by atoms with E-state index < -0.39 is 6.09 Å². The van der Waals surface area contributed by atoms with Crippen molar-refractivity contribution in [2.24, 2.45) is 0 Å². The second kappa shape index (κ2) is 7.51. The molecule has 0 aliphatic heterocycles. The molecule has 0 aliphatic carbocycles. The molecule has 2 rings (SSSR count). The maximum absolute atomic E-state index is 11.9.